The van der Waals surface area contributed by atoms with Crippen LogP contribution in [0.4, 0.5) is 0 Å². The van der Waals surface area contributed by atoms with Gasteiger partial charge in [-0.3, -0.25) is 14.4 Å². The standard InChI is InChI=1S/C10H13N3O3/c11-8(14)2-1-5-12-10(16)7-3-4-9(15)13-6-7/h3-4,6H,1-2,5H2,(H2,11,14)(H,12,16)(H,13,15). The van der Waals surface area contributed by atoms with Crippen LogP contribution < -0.4 is 16.6 Å². The Bertz CT molecular complexity index is 419. The number of aromatic nitrogens is 1. The minimum atomic E-state index is -0.390. The molecule has 6 heteroatoms. The molecule has 1 rings (SSSR count). The number of carbonyl (C=O) groups excluding carboxylic acids is 2. The first-order valence-electron chi connectivity index (χ1n) is 4.85. The number of primary amides is 1. The van der Waals surface area contributed by atoms with E-state index in [1.807, 2.05) is 0 Å². The summed E-state index contributed by atoms with van der Waals surface area (Å²) in [5.41, 5.74) is 5.06. The maximum absolute atomic E-state index is 11.5. The van der Waals surface area contributed by atoms with E-state index in [0.29, 0.717) is 18.5 Å². The third-order valence-electron chi connectivity index (χ3n) is 1.93. The minimum Gasteiger partial charge on any atom is -0.370 e. The monoisotopic (exact) mass is 223 g/mol. The summed E-state index contributed by atoms with van der Waals surface area (Å²) in [5.74, 6) is -0.681. The smallest absolute Gasteiger partial charge is 0.252 e. The van der Waals surface area contributed by atoms with Crippen LogP contribution in [0.5, 0.6) is 0 Å². The van der Waals surface area contributed by atoms with Gasteiger partial charge in [-0.15, -0.1) is 0 Å². The van der Waals surface area contributed by atoms with E-state index >= 15 is 0 Å². The predicted molar refractivity (Wildman–Crippen MR) is 57.8 cm³/mol. The average Bonchev–Trinajstić information content (AvgIpc) is 2.25. The number of rotatable bonds is 5. The first kappa shape index (κ1) is 12.0. The minimum absolute atomic E-state index is 0.242. The number of amides is 2. The van der Waals surface area contributed by atoms with Gasteiger partial charge in [0.1, 0.15) is 0 Å². The van der Waals surface area contributed by atoms with E-state index in [1.165, 1.54) is 18.3 Å². The molecule has 0 saturated heterocycles. The van der Waals surface area contributed by atoms with Crippen LogP contribution in [0.2, 0.25) is 0 Å². The molecule has 0 bridgehead atoms. The van der Waals surface area contributed by atoms with Crippen LogP contribution >= 0.6 is 0 Å². The maximum Gasteiger partial charge on any atom is 0.252 e. The number of nitrogens with one attached hydrogen (secondary N) is 2. The van der Waals surface area contributed by atoms with Crippen molar-refractivity contribution in [1.82, 2.24) is 10.3 Å². The Balaban J connectivity index is 2.38. The molecule has 1 heterocycles. The van der Waals surface area contributed by atoms with Crippen LogP contribution in [0.1, 0.15) is 23.2 Å². The van der Waals surface area contributed by atoms with Crippen molar-refractivity contribution in [2.75, 3.05) is 6.54 Å². The van der Waals surface area contributed by atoms with Crippen LogP contribution in [0.15, 0.2) is 23.1 Å². The van der Waals surface area contributed by atoms with Gasteiger partial charge in [-0.1, -0.05) is 0 Å². The molecule has 16 heavy (non-hydrogen) atoms. The lowest BCUT2D eigenvalue weighted by Crippen LogP contribution is -2.26. The second-order valence-electron chi connectivity index (χ2n) is 3.27. The van der Waals surface area contributed by atoms with Crippen molar-refractivity contribution in [3.63, 3.8) is 0 Å². The fourth-order valence-electron chi connectivity index (χ4n) is 1.12. The fourth-order valence-corrected chi connectivity index (χ4v) is 1.12. The summed E-state index contributed by atoms with van der Waals surface area (Å²) < 4.78 is 0. The summed E-state index contributed by atoms with van der Waals surface area (Å²) in [6, 6.07) is 2.71. The second-order valence-corrected chi connectivity index (χ2v) is 3.27. The molecule has 1 aromatic rings. The first-order valence-corrected chi connectivity index (χ1v) is 4.85. The van der Waals surface area contributed by atoms with Gasteiger partial charge in [0.25, 0.3) is 5.91 Å². The molecule has 0 aliphatic heterocycles. The highest BCUT2D eigenvalue weighted by Gasteiger charge is 2.04. The number of hydrogen-bond acceptors (Lipinski definition) is 3. The number of hydrogen-bond donors (Lipinski definition) is 3. The molecule has 1 aromatic heterocycles. The van der Waals surface area contributed by atoms with Gasteiger partial charge in [-0.05, 0) is 12.5 Å². The highest BCUT2D eigenvalue weighted by molar-refractivity contribution is 5.93. The largest absolute Gasteiger partial charge is 0.370 e. The number of nitrogens with two attached hydrogens (primary N) is 1. The van der Waals surface area contributed by atoms with Gasteiger partial charge in [0.2, 0.25) is 11.5 Å². The molecule has 0 aromatic carbocycles. The number of aromatic amines is 1. The summed E-state index contributed by atoms with van der Waals surface area (Å²) in [7, 11) is 0. The Morgan fingerprint density at radius 2 is 2.12 bits per heavy atom. The second kappa shape index (κ2) is 5.69. The Morgan fingerprint density at radius 1 is 1.38 bits per heavy atom. The molecule has 0 aliphatic carbocycles. The van der Waals surface area contributed by atoms with Crippen LogP contribution in [0.3, 0.4) is 0 Å². The Labute approximate surface area is 91.9 Å². The molecule has 6 nitrogen and oxygen atoms in total. The first-order chi connectivity index (χ1) is 7.59. The Hall–Kier alpha value is -2.11. The maximum atomic E-state index is 11.5. The van der Waals surface area contributed by atoms with Crippen molar-refractivity contribution >= 4 is 11.8 Å². The molecule has 2 amide bonds. The van der Waals surface area contributed by atoms with Crippen molar-refractivity contribution in [2.24, 2.45) is 5.73 Å². The molecule has 4 N–H and O–H groups in total. The van der Waals surface area contributed by atoms with Gasteiger partial charge < -0.3 is 16.0 Å². The van der Waals surface area contributed by atoms with Crippen LogP contribution in [-0.4, -0.2) is 23.3 Å². The zero-order valence-electron chi connectivity index (χ0n) is 8.66. The lowest BCUT2D eigenvalue weighted by molar-refractivity contribution is -0.118. The van der Waals surface area contributed by atoms with Crippen molar-refractivity contribution in [3.05, 3.63) is 34.2 Å². The van der Waals surface area contributed by atoms with E-state index in [0.717, 1.165) is 0 Å². The molecule has 86 valence electrons. The molecular formula is C10H13N3O3. The van der Waals surface area contributed by atoms with Gasteiger partial charge in [-0.25, -0.2) is 0 Å². The van der Waals surface area contributed by atoms with Gasteiger partial charge in [0.15, 0.2) is 0 Å². The number of H-pyrrole nitrogens is 1. The van der Waals surface area contributed by atoms with E-state index in [1.54, 1.807) is 0 Å². The van der Waals surface area contributed by atoms with Crippen LogP contribution in [0, 0.1) is 0 Å². The van der Waals surface area contributed by atoms with Crippen molar-refractivity contribution in [2.45, 2.75) is 12.8 Å². The van der Waals surface area contributed by atoms with E-state index in [-0.39, 0.29) is 17.9 Å². The lowest BCUT2D eigenvalue weighted by atomic mass is 10.2. The average molecular weight is 223 g/mol. The van der Waals surface area contributed by atoms with Gasteiger partial charge in [0.05, 0.1) is 5.56 Å². The van der Waals surface area contributed by atoms with Gasteiger partial charge in [0, 0.05) is 25.2 Å². The van der Waals surface area contributed by atoms with E-state index in [2.05, 4.69) is 10.3 Å². The van der Waals surface area contributed by atoms with Crippen molar-refractivity contribution in [3.8, 4) is 0 Å². The lowest BCUT2D eigenvalue weighted by Gasteiger charge is -2.03. The summed E-state index contributed by atoms with van der Waals surface area (Å²) in [6.07, 6.45) is 2.09. The Morgan fingerprint density at radius 3 is 2.69 bits per heavy atom. The quantitative estimate of drug-likeness (QED) is 0.579. The van der Waals surface area contributed by atoms with E-state index < -0.39 is 5.91 Å². The number of carbonyl (C=O) groups is 2. The summed E-state index contributed by atoms with van der Waals surface area (Å²) in [6.45, 7) is 0.376. The highest BCUT2D eigenvalue weighted by atomic mass is 16.2. The third kappa shape index (κ3) is 3.95. The van der Waals surface area contributed by atoms with Crippen molar-refractivity contribution in [1.29, 1.82) is 0 Å². The molecule has 0 radical (unpaired) electrons. The Kier molecular flexibility index (Phi) is 4.26. The zero-order chi connectivity index (χ0) is 12.0. The molecule has 0 atom stereocenters. The van der Waals surface area contributed by atoms with Crippen molar-refractivity contribution < 1.29 is 9.59 Å². The molecule has 0 fully saturated rings. The summed E-state index contributed by atoms with van der Waals surface area (Å²) in [5, 5.41) is 2.61. The molecule has 0 aliphatic rings. The highest BCUT2D eigenvalue weighted by Crippen LogP contribution is 1.93. The molecular weight excluding hydrogens is 210 g/mol. The topological polar surface area (TPSA) is 105 Å². The van der Waals surface area contributed by atoms with E-state index in [4.69, 9.17) is 5.73 Å². The SMILES string of the molecule is NC(=O)CCCNC(=O)c1ccc(=O)[nH]c1. The van der Waals surface area contributed by atoms with Gasteiger partial charge in [-0.2, -0.15) is 0 Å². The van der Waals surface area contributed by atoms with Crippen LogP contribution in [-0.2, 0) is 4.79 Å². The molecule has 0 saturated carbocycles. The normalized spacial score (nSPS) is 9.75. The summed E-state index contributed by atoms with van der Waals surface area (Å²) in [4.78, 5) is 35.0. The predicted octanol–water partition coefficient (Wildman–Crippen LogP) is -0.630. The molecule has 0 spiro atoms. The summed E-state index contributed by atoms with van der Waals surface area (Å²) >= 11 is 0. The molecule has 0 unspecified atom stereocenters. The van der Waals surface area contributed by atoms with Gasteiger partial charge >= 0.3 is 0 Å². The number of pyridine rings is 1. The third-order valence-corrected chi connectivity index (χ3v) is 1.93. The fraction of sp³-hybridized carbons (Fsp3) is 0.300. The van der Waals surface area contributed by atoms with E-state index in [9.17, 15) is 14.4 Å². The zero-order valence-corrected chi connectivity index (χ0v) is 8.66. The van der Waals surface area contributed by atoms with Crippen LogP contribution in [0.25, 0.3) is 0 Å².